The lowest BCUT2D eigenvalue weighted by atomic mass is 10.0. The maximum atomic E-state index is 13.0. The lowest BCUT2D eigenvalue weighted by Gasteiger charge is -2.18. The summed E-state index contributed by atoms with van der Waals surface area (Å²) in [6.07, 6.45) is 91.0. The zero-order valence-corrected chi connectivity index (χ0v) is 55.0. The molecule has 0 N–H and O–H groups in total. The molecule has 0 heterocycles. The second-order valence-electron chi connectivity index (χ2n) is 24.5. The van der Waals surface area contributed by atoms with E-state index in [0.717, 1.165) is 83.5 Å². The Bertz CT molecular complexity index is 1460. The van der Waals surface area contributed by atoms with Crippen LogP contribution in [0.1, 0.15) is 387 Å². The first-order valence-corrected chi connectivity index (χ1v) is 36.3. The van der Waals surface area contributed by atoms with Crippen molar-refractivity contribution < 1.29 is 28.6 Å². The highest BCUT2D eigenvalue weighted by atomic mass is 16.6. The molecule has 0 bridgehead atoms. The van der Waals surface area contributed by atoms with E-state index in [2.05, 4.69) is 81.5 Å². The summed E-state index contributed by atoms with van der Waals surface area (Å²) in [6.45, 7) is 6.67. The highest BCUT2D eigenvalue weighted by Crippen LogP contribution is 2.18. The van der Waals surface area contributed by atoms with Gasteiger partial charge in [-0.3, -0.25) is 14.4 Å². The smallest absolute Gasteiger partial charge is 0.306 e. The van der Waals surface area contributed by atoms with Gasteiger partial charge in [-0.15, -0.1) is 0 Å². The lowest BCUT2D eigenvalue weighted by Crippen LogP contribution is -2.30. The molecule has 6 nitrogen and oxygen atoms in total. The number of carbonyl (C=O) groups is 3. The molecule has 0 fully saturated rings. The van der Waals surface area contributed by atoms with Crippen molar-refractivity contribution in [2.75, 3.05) is 13.2 Å². The zero-order chi connectivity index (χ0) is 59.2. The van der Waals surface area contributed by atoms with Gasteiger partial charge in [0.25, 0.3) is 0 Å². The van der Waals surface area contributed by atoms with Crippen molar-refractivity contribution in [3.05, 3.63) is 60.8 Å². The molecule has 0 aliphatic rings. The Morgan fingerprint density at radius 3 is 0.683 bits per heavy atom. The minimum absolute atomic E-state index is 0.0750. The van der Waals surface area contributed by atoms with Crippen LogP contribution in [0.25, 0.3) is 0 Å². The van der Waals surface area contributed by atoms with Crippen LogP contribution in [0.5, 0.6) is 0 Å². The first kappa shape index (κ1) is 79.1. The van der Waals surface area contributed by atoms with Crippen LogP contribution in [-0.2, 0) is 28.6 Å². The molecule has 0 aliphatic carbocycles. The molecule has 0 saturated heterocycles. The Morgan fingerprint density at radius 1 is 0.244 bits per heavy atom. The molecule has 1 unspecified atom stereocenters. The summed E-state index contributed by atoms with van der Waals surface area (Å²) in [4.78, 5) is 38.5. The maximum Gasteiger partial charge on any atom is 0.306 e. The lowest BCUT2D eigenvalue weighted by molar-refractivity contribution is -0.167. The van der Waals surface area contributed by atoms with Gasteiger partial charge in [0.1, 0.15) is 13.2 Å². The molecule has 478 valence electrons. The Labute approximate surface area is 510 Å². The van der Waals surface area contributed by atoms with Gasteiger partial charge in [-0.2, -0.15) is 0 Å². The van der Waals surface area contributed by atoms with Gasteiger partial charge in [0.15, 0.2) is 6.10 Å². The third kappa shape index (κ3) is 67.9. The quantitative estimate of drug-likeness (QED) is 0.0261. The van der Waals surface area contributed by atoms with Crippen molar-refractivity contribution in [1.82, 2.24) is 0 Å². The fourth-order valence-electron chi connectivity index (χ4n) is 10.8. The summed E-state index contributed by atoms with van der Waals surface area (Å²) in [5.41, 5.74) is 0. The van der Waals surface area contributed by atoms with E-state index in [1.54, 1.807) is 0 Å². The molecule has 0 spiro atoms. The molecule has 82 heavy (non-hydrogen) atoms. The fourth-order valence-corrected chi connectivity index (χ4v) is 10.8. The van der Waals surface area contributed by atoms with E-state index in [4.69, 9.17) is 14.2 Å². The average Bonchev–Trinajstić information content (AvgIpc) is 3.48. The normalized spacial score (nSPS) is 12.4. The van der Waals surface area contributed by atoms with Crippen molar-refractivity contribution in [3.63, 3.8) is 0 Å². The van der Waals surface area contributed by atoms with Crippen molar-refractivity contribution in [1.29, 1.82) is 0 Å². The summed E-state index contributed by atoms with van der Waals surface area (Å²) in [6, 6.07) is 0. The van der Waals surface area contributed by atoms with Gasteiger partial charge >= 0.3 is 17.9 Å². The Morgan fingerprint density at radius 2 is 0.439 bits per heavy atom. The minimum atomic E-state index is -0.781. The van der Waals surface area contributed by atoms with Crippen molar-refractivity contribution in [2.45, 2.75) is 393 Å². The van der Waals surface area contributed by atoms with Gasteiger partial charge in [0.2, 0.25) is 0 Å². The Kier molecular flexibility index (Phi) is 68.1. The topological polar surface area (TPSA) is 78.9 Å². The molecule has 0 aromatic heterocycles. The zero-order valence-electron chi connectivity index (χ0n) is 55.0. The van der Waals surface area contributed by atoms with Crippen LogP contribution in [0.2, 0.25) is 0 Å². The Hall–Kier alpha value is -2.89. The molecule has 0 aromatic carbocycles. The van der Waals surface area contributed by atoms with Crippen molar-refractivity contribution in [2.24, 2.45) is 0 Å². The number of allylic oxidation sites excluding steroid dienone is 10. The van der Waals surface area contributed by atoms with Crippen LogP contribution >= 0.6 is 0 Å². The monoisotopic (exact) mass is 1150 g/mol. The molecule has 0 saturated carbocycles. The van der Waals surface area contributed by atoms with Gasteiger partial charge in [-0.1, -0.05) is 338 Å². The predicted octanol–water partition coefficient (Wildman–Crippen LogP) is 25.1. The van der Waals surface area contributed by atoms with Crippen LogP contribution < -0.4 is 0 Å². The molecule has 0 aliphatic heterocycles. The second kappa shape index (κ2) is 70.6. The van der Waals surface area contributed by atoms with E-state index in [-0.39, 0.29) is 31.1 Å². The number of ether oxygens (including phenoxy) is 3. The first-order valence-electron chi connectivity index (χ1n) is 36.3. The van der Waals surface area contributed by atoms with E-state index in [1.165, 1.54) is 263 Å². The number of esters is 3. The summed E-state index contributed by atoms with van der Waals surface area (Å²) in [5.74, 6) is -0.862. The van der Waals surface area contributed by atoms with E-state index >= 15 is 0 Å². The number of hydrogen-bond donors (Lipinski definition) is 0. The molecular weight excluding hydrogens is 1010 g/mol. The third-order valence-corrected chi connectivity index (χ3v) is 16.2. The van der Waals surface area contributed by atoms with Crippen LogP contribution in [0.4, 0.5) is 0 Å². The molecule has 0 rings (SSSR count). The molecule has 0 radical (unpaired) electrons. The molecule has 6 heteroatoms. The standard InChI is InChI=1S/C76H138O6/c1-4-7-10-13-16-19-22-25-28-31-33-35-36-37-38-39-40-42-43-45-48-51-54-57-60-63-66-69-75(78)81-72-73(71-80-74(77)68-65-62-59-56-53-50-47-30-27-24-21-18-15-12-9-6-3)82-76(79)70-67-64-61-58-55-52-49-46-44-41-34-32-29-26-23-20-17-14-11-8-5-2/h22-23,25-26,31-34,44,46,73H,4-21,24,27-30,35-43,45,47-72H2,1-3H3/b25-22-,26-23-,33-31-,34-32-,46-44-. The average molecular weight is 1150 g/mol. The molecule has 1 atom stereocenters. The van der Waals surface area contributed by atoms with E-state index in [9.17, 15) is 14.4 Å². The van der Waals surface area contributed by atoms with Gasteiger partial charge in [-0.05, 0) is 89.9 Å². The highest BCUT2D eigenvalue weighted by molar-refractivity contribution is 5.71. The number of unbranched alkanes of at least 4 members (excludes halogenated alkanes) is 46. The van der Waals surface area contributed by atoms with Gasteiger partial charge in [0.05, 0.1) is 0 Å². The van der Waals surface area contributed by atoms with Crippen molar-refractivity contribution >= 4 is 17.9 Å². The number of hydrogen-bond acceptors (Lipinski definition) is 6. The number of carbonyl (C=O) groups excluding carboxylic acids is 3. The number of rotatable bonds is 67. The first-order chi connectivity index (χ1) is 40.5. The second-order valence-corrected chi connectivity index (χ2v) is 24.5. The molecular formula is C76H138O6. The van der Waals surface area contributed by atoms with Gasteiger partial charge < -0.3 is 14.2 Å². The van der Waals surface area contributed by atoms with E-state index < -0.39 is 6.10 Å². The van der Waals surface area contributed by atoms with Crippen LogP contribution in [0.15, 0.2) is 60.8 Å². The third-order valence-electron chi connectivity index (χ3n) is 16.2. The minimum Gasteiger partial charge on any atom is -0.462 e. The van der Waals surface area contributed by atoms with Crippen LogP contribution in [0, 0.1) is 0 Å². The van der Waals surface area contributed by atoms with E-state index in [0.29, 0.717) is 19.3 Å². The summed E-state index contributed by atoms with van der Waals surface area (Å²) >= 11 is 0. The summed E-state index contributed by atoms with van der Waals surface area (Å²) in [5, 5.41) is 0. The van der Waals surface area contributed by atoms with Gasteiger partial charge in [0, 0.05) is 19.3 Å². The maximum absolute atomic E-state index is 13.0. The fraction of sp³-hybridized carbons (Fsp3) is 0.829. The summed E-state index contributed by atoms with van der Waals surface area (Å²) < 4.78 is 17.0. The van der Waals surface area contributed by atoms with Crippen LogP contribution in [-0.4, -0.2) is 37.2 Å². The van der Waals surface area contributed by atoms with Crippen molar-refractivity contribution in [3.8, 4) is 0 Å². The summed E-state index contributed by atoms with van der Waals surface area (Å²) in [7, 11) is 0. The SMILES string of the molecule is CCCCCCC/C=C\C/C=C\C/C=C\CCCCCCCCC(=O)OC(COC(=O)CCCCCCCCCCCCCCCCCC)COC(=O)CCCCCCCCCCCCCCCCC/C=C\C/C=C\CCCCCCC. The van der Waals surface area contributed by atoms with Gasteiger partial charge in [-0.25, -0.2) is 0 Å². The molecule has 0 amide bonds. The Balaban J connectivity index is 4.30. The van der Waals surface area contributed by atoms with Crippen LogP contribution in [0.3, 0.4) is 0 Å². The van der Waals surface area contributed by atoms with E-state index in [1.807, 2.05) is 0 Å². The largest absolute Gasteiger partial charge is 0.462 e. The highest BCUT2D eigenvalue weighted by Gasteiger charge is 2.19. The predicted molar refractivity (Wildman–Crippen MR) is 358 cm³/mol. The molecule has 0 aromatic rings.